The Kier molecular flexibility index (Phi) is 3.28. The van der Waals surface area contributed by atoms with Gasteiger partial charge in [0, 0.05) is 38.3 Å². The molecule has 2 heterocycles. The molecule has 2 rings (SSSR count). The second-order valence-electron chi connectivity index (χ2n) is 3.66. The van der Waals surface area contributed by atoms with Gasteiger partial charge in [-0.1, -0.05) is 0 Å². The van der Waals surface area contributed by atoms with Crippen molar-refractivity contribution in [1.82, 2.24) is 20.0 Å². The smallest absolute Gasteiger partial charge is 0.110 e. The summed E-state index contributed by atoms with van der Waals surface area (Å²) < 4.78 is 1.99. The Balaban J connectivity index is 2.16. The van der Waals surface area contributed by atoms with Crippen LogP contribution in [-0.2, 0) is 13.5 Å². The topological polar surface area (TPSA) is 68.8 Å². The van der Waals surface area contributed by atoms with E-state index in [1.165, 1.54) is 0 Å². The van der Waals surface area contributed by atoms with Gasteiger partial charge in [0.1, 0.15) is 5.82 Å². The van der Waals surface area contributed by atoms with Gasteiger partial charge in [0.2, 0.25) is 0 Å². The SMILES string of the molecule is Cn1ccnc1CC(NN)c1ccncc1. The minimum absolute atomic E-state index is 0.0594. The molecule has 5 nitrogen and oxygen atoms in total. The highest BCUT2D eigenvalue weighted by Crippen LogP contribution is 2.15. The fraction of sp³-hybridized carbons (Fsp3) is 0.273. The fourth-order valence-electron chi connectivity index (χ4n) is 1.64. The lowest BCUT2D eigenvalue weighted by molar-refractivity contribution is 0.530. The van der Waals surface area contributed by atoms with Crippen LogP contribution in [0.3, 0.4) is 0 Å². The zero-order valence-corrected chi connectivity index (χ0v) is 9.17. The summed E-state index contributed by atoms with van der Waals surface area (Å²) in [6, 6.07) is 3.96. The van der Waals surface area contributed by atoms with E-state index in [4.69, 9.17) is 5.84 Å². The third-order valence-electron chi connectivity index (χ3n) is 2.62. The molecule has 0 aliphatic heterocycles. The molecule has 1 unspecified atom stereocenters. The molecule has 0 saturated carbocycles. The van der Waals surface area contributed by atoms with Crippen molar-refractivity contribution < 1.29 is 0 Å². The summed E-state index contributed by atoms with van der Waals surface area (Å²) in [7, 11) is 1.97. The molecule has 84 valence electrons. The van der Waals surface area contributed by atoms with E-state index in [1.54, 1.807) is 18.6 Å². The molecule has 0 bridgehead atoms. The van der Waals surface area contributed by atoms with E-state index in [0.29, 0.717) is 0 Å². The Bertz CT molecular complexity index is 437. The second-order valence-corrected chi connectivity index (χ2v) is 3.66. The van der Waals surface area contributed by atoms with Crippen molar-refractivity contribution in [2.45, 2.75) is 12.5 Å². The molecule has 0 saturated heterocycles. The molecule has 5 heteroatoms. The predicted molar refractivity (Wildman–Crippen MR) is 61.2 cm³/mol. The predicted octanol–water partition coefficient (Wildman–Crippen LogP) is 0.562. The highest BCUT2D eigenvalue weighted by molar-refractivity contribution is 5.16. The molecular formula is C11H15N5. The van der Waals surface area contributed by atoms with E-state index in [-0.39, 0.29) is 6.04 Å². The van der Waals surface area contributed by atoms with E-state index in [2.05, 4.69) is 15.4 Å². The standard InChI is InChI=1S/C11H15N5/c1-16-7-6-14-11(16)8-10(15-12)9-2-4-13-5-3-9/h2-7,10,15H,8,12H2,1H3. The minimum atomic E-state index is 0.0594. The Morgan fingerprint density at radius 3 is 2.69 bits per heavy atom. The number of nitrogens with two attached hydrogens (primary N) is 1. The molecule has 0 aromatic carbocycles. The summed E-state index contributed by atoms with van der Waals surface area (Å²) >= 11 is 0. The molecule has 0 aliphatic rings. The lowest BCUT2D eigenvalue weighted by Gasteiger charge is -2.15. The van der Waals surface area contributed by atoms with Crippen molar-refractivity contribution in [3.05, 3.63) is 48.3 Å². The Morgan fingerprint density at radius 1 is 1.38 bits per heavy atom. The number of rotatable bonds is 4. The second kappa shape index (κ2) is 4.87. The first kappa shape index (κ1) is 10.8. The summed E-state index contributed by atoms with van der Waals surface area (Å²) in [6.45, 7) is 0. The summed E-state index contributed by atoms with van der Waals surface area (Å²) in [4.78, 5) is 8.27. The van der Waals surface area contributed by atoms with Gasteiger partial charge in [-0.2, -0.15) is 0 Å². The third-order valence-corrected chi connectivity index (χ3v) is 2.62. The number of imidazole rings is 1. The summed E-state index contributed by atoms with van der Waals surface area (Å²) in [5, 5.41) is 0. The molecule has 0 aliphatic carbocycles. The molecule has 2 aromatic rings. The average Bonchev–Trinajstić information content (AvgIpc) is 2.73. The van der Waals surface area contributed by atoms with Gasteiger partial charge < -0.3 is 4.57 Å². The molecule has 1 atom stereocenters. The number of hydrazine groups is 1. The van der Waals surface area contributed by atoms with Gasteiger partial charge in [-0.25, -0.2) is 4.98 Å². The van der Waals surface area contributed by atoms with Crippen molar-refractivity contribution in [2.24, 2.45) is 12.9 Å². The van der Waals surface area contributed by atoms with Crippen LogP contribution in [-0.4, -0.2) is 14.5 Å². The molecule has 0 spiro atoms. The van der Waals surface area contributed by atoms with E-state index in [9.17, 15) is 0 Å². The highest BCUT2D eigenvalue weighted by atomic mass is 15.2. The van der Waals surface area contributed by atoms with Gasteiger partial charge in [0.05, 0.1) is 6.04 Å². The summed E-state index contributed by atoms with van der Waals surface area (Å²) in [5.41, 5.74) is 3.91. The number of nitrogens with zero attached hydrogens (tertiary/aromatic N) is 3. The average molecular weight is 217 g/mol. The third kappa shape index (κ3) is 2.26. The maximum Gasteiger partial charge on any atom is 0.110 e. The Labute approximate surface area is 94.3 Å². The van der Waals surface area contributed by atoms with Gasteiger partial charge in [0.15, 0.2) is 0 Å². The maximum atomic E-state index is 5.56. The van der Waals surface area contributed by atoms with Crippen molar-refractivity contribution in [3.63, 3.8) is 0 Å². The van der Waals surface area contributed by atoms with E-state index < -0.39 is 0 Å². The van der Waals surface area contributed by atoms with Crippen LogP contribution in [0.5, 0.6) is 0 Å². The number of aromatic nitrogens is 3. The molecule has 0 radical (unpaired) electrons. The minimum Gasteiger partial charge on any atom is -0.338 e. The van der Waals surface area contributed by atoms with E-state index in [0.717, 1.165) is 17.8 Å². The molecule has 0 amide bonds. The summed E-state index contributed by atoms with van der Waals surface area (Å²) in [6.07, 6.45) is 7.99. The number of nitrogens with one attached hydrogen (secondary N) is 1. The van der Waals surface area contributed by atoms with Crippen LogP contribution in [0.25, 0.3) is 0 Å². The number of hydrogen-bond acceptors (Lipinski definition) is 4. The number of aryl methyl sites for hydroxylation is 1. The van der Waals surface area contributed by atoms with Crippen LogP contribution in [0.2, 0.25) is 0 Å². The van der Waals surface area contributed by atoms with Crippen molar-refractivity contribution in [2.75, 3.05) is 0 Å². The molecule has 2 aromatic heterocycles. The first-order valence-electron chi connectivity index (χ1n) is 5.13. The van der Waals surface area contributed by atoms with E-state index >= 15 is 0 Å². The van der Waals surface area contributed by atoms with Crippen molar-refractivity contribution in [3.8, 4) is 0 Å². The number of hydrogen-bond donors (Lipinski definition) is 2. The molecule has 16 heavy (non-hydrogen) atoms. The van der Waals surface area contributed by atoms with Crippen molar-refractivity contribution in [1.29, 1.82) is 0 Å². The zero-order valence-electron chi connectivity index (χ0n) is 9.17. The van der Waals surface area contributed by atoms with Crippen LogP contribution in [0.4, 0.5) is 0 Å². The van der Waals surface area contributed by atoms with Crippen molar-refractivity contribution >= 4 is 0 Å². The lowest BCUT2D eigenvalue weighted by atomic mass is 10.1. The lowest BCUT2D eigenvalue weighted by Crippen LogP contribution is -2.30. The van der Waals surface area contributed by atoms with Crippen LogP contribution in [0, 0.1) is 0 Å². The Hall–Kier alpha value is -1.72. The Morgan fingerprint density at radius 2 is 2.12 bits per heavy atom. The maximum absolute atomic E-state index is 5.56. The normalized spacial score (nSPS) is 12.6. The van der Waals surface area contributed by atoms with Crippen LogP contribution in [0.15, 0.2) is 36.9 Å². The molecular weight excluding hydrogens is 202 g/mol. The largest absolute Gasteiger partial charge is 0.338 e. The quantitative estimate of drug-likeness (QED) is 0.580. The highest BCUT2D eigenvalue weighted by Gasteiger charge is 2.12. The van der Waals surface area contributed by atoms with Gasteiger partial charge in [-0.15, -0.1) is 0 Å². The van der Waals surface area contributed by atoms with E-state index in [1.807, 2.05) is 29.9 Å². The molecule has 0 fully saturated rings. The zero-order chi connectivity index (χ0) is 11.4. The first-order chi connectivity index (χ1) is 7.81. The van der Waals surface area contributed by atoms with Gasteiger partial charge in [-0.3, -0.25) is 16.3 Å². The van der Waals surface area contributed by atoms with Gasteiger partial charge >= 0.3 is 0 Å². The fourth-order valence-corrected chi connectivity index (χ4v) is 1.64. The summed E-state index contributed by atoms with van der Waals surface area (Å²) in [5.74, 6) is 6.56. The van der Waals surface area contributed by atoms with Crippen LogP contribution >= 0.6 is 0 Å². The number of pyridine rings is 1. The monoisotopic (exact) mass is 217 g/mol. The van der Waals surface area contributed by atoms with Crippen LogP contribution in [0.1, 0.15) is 17.4 Å². The van der Waals surface area contributed by atoms with Gasteiger partial charge in [-0.05, 0) is 17.7 Å². The first-order valence-corrected chi connectivity index (χ1v) is 5.13. The molecule has 3 N–H and O–H groups in total. The van der Waals surface area contributed by atoms with Gasteiger partial charge in [0.25, 0.3) is 0 Å². The van der Waals surface area contributed by atoms with Crippen LogP contribution < -0.4 is 11.3 Å².